The smallest absolute Gasteiger partial charge is 0.0403 e. The Labute approximate surface area is 49.6 Å². The minimum Gasteiger partial charge on any atom is -0.351 e. The van der Waals surface area contributed by atoms with E-state index in [9.17, 15) is 0 Å². The normalized spacial score (nSPS) is 16.8. The molecule has 0 unspecified atom stereocenters. The van der Waals surface area contributed by atoms with Crippen LogP contribution in [0.25, 0.3) is 0 Å². The monoisotopic (exact) mass is 107 g/mol. The molecule has 1 aliphatic rings. The standard InChI is InChI=1S/C7H9N/c1-2-8-6-4-3-5-7-8/h2-6H,1,7H2. The van der Waals surface area contributed by atoms with Crippen molar-refractivity contribution in [2.45, 2.75) is 0 Å². The lowest BCUT2D eigenvalue weighted by Gasteiger charge is -2.13. The summed E-state index contributed by atoms with van der Waals surface area (Å²) < 4.78 is 0. The summed E-state index contributed by atoms with van der Waals surface area (Å²) in [6.07, 6.45) is 9.90. The quantitative estimate of drug-likeness (QED) is 0.491. The van der Waals surface area contributed by atoms with Gasteiger partial charge in [0.2, 0.25) is 0 Å². The summed E-state index contributed by atoms with van der Waals surface area (Å²) in [6.45, 7) is 4.58. The molecule has 0 aromatic rings. The minimum absolute atomic E-state index is 0.958. The lowest BCUT2D eigenvalue weighted by atomic mass is 10.4. The molecule has 42 valence electrons. The van der Waals surface area contributed by atoms with Gasteiger partial charge in [0.1, 0.15) is 0 Å². The molecule has 0 amide bonds. The Hall–Kier alpha value is -0.980. The Balaban J connectivity index is 2.51. The van der Waals surface area contributed by atoms with Crippen molar-refractivity contribution in [2.24, 2.45) is 0 Å². The average molecular weight is 107 g/mol. The van der Waals surface area contributed by atoms with E-state index in [0.29, 0.717) is 0 Å². The van der Waals surface area contributed by atoms with Crippen LogP contribution >= 0.6 is 0 Å². The number of hydrogen-bond donors (Lipinski definition) is 0. The third-order valence-electron chi connectivity index (χ3n) is 1.08. The average Bonchev–Trinajstić information content (AvgIpc) is 1.90. The molecule has 0 aromatic heterocycles. The van der Waals surface area contributed by atoms with Crippen molar-refractivity contribution in [1.29, 1.82) is 0 Å². The molecule has 0 N–H and O–H groups in total. The van der Waals surface area contributed by atoms with Crippen molar-refractivity contribution >= 4 is 0 Å². The van der Waals surface area contributed by atoms with Crippen LogP contribution in [0.1, 0.15) is 0 Å². The summed E-state index contributed by atoms with van der Waals surface area (Å²) in [7, 11) is 0. The van der Waals surface area contributed by atoms with E-state index in [2.05, 4.69) is 12.7 Å². The molecule has 1 heterocycles. The number of allylic oxidation sites excluding steroid dienone is 2. The van der Waals surface area contributed by atoms with Crippen LogP contribution in [0.2, 0.25) is 0 Å². The van der Waals surface area contributed by atoms with Gasteiger partial charge in [0.05, 0.1) is 0 Å². The van der Waals surface area contributed by atoms with Gasteiger partial charge in [-0.3, -0.25) is 0 Å². The molecule has 0 atom stereocenters. The second kappa shape index (κ2) is 2.36. The molecule has 0 saturated carbocycles. The Morgan fingerprint density at radius 3 is 2.75 bits per heavy atom. The largest absolute Gasteiger partial charge is 0.351 e. The maximum absolute atomic E-state index is 3.63. The predicted molar refractivity (Wildman–Crippen MR) is 35.2 cm³/mol. The Morgan fingerprint density at radius 2 is 2.38 bits per heavy atom. The van der Waals surface area contributed by atoms with Crippen molar-refractivity contribution in [3.05, 3.63) is 37.2 Å². The van der Waals surface area contributed by atoms with Gasteiger partial charge >= 0.3 is 0 Å². The molecule has 1 heteroatoms. The van der Waals surface area contributed by atoms with Gasteiger partial charge in [-0.1, -0.05) is 18.7 Å². The van der Waals surface area contributed by atoms with Crippen molar-refractivity contribution < 1.29 is 0 Å². The number of nitrogens with zero attached hydrogens (tertiary/aromatic N) is 1. The van der Waals surface area contributed by atoms with E-state index in [-0.39, 0.29) is 0 Å². The van der Waals surface area contributed by atoms with Crippen molar-refractivity contribution in [2.75, 3.05) is 6.54 Å². The zero-order valence-corrected chi connectivity index (χ0v) is 4.75. The predicted octanol–water partition coefficient (Wildman–Crippen LogP) is 1.52. The van der Waals surface area contributed by atoms with E-state index in [1.54, 1.807) is 6.20 Å². The molecule has 1 rings (SSSR count). The summed E-state index contributed by atoms with van der Waals surface area (Å²) in [5.41, 5.74) is 0. The van der Waals surface area contributed by atoms with Crippen molar-refractivity contribution in [1.82, 2.24) is 4.90 Å². The van der Waals surface area contributed by atoms with Crippen LogP contribution in [0.4, 0.5) is 0 Å². The lowest BCUT2D eigenvalue weighted by molar-refractivity contribution is 0.562. The highest BCUT2D eigenvalue weighted by Crippen LogP contribution is 1.96. The van der Waals surface area contributed by atoms with Crippen LogP contribution in [-0.2, 0) is 0 Å². The summed E-state index contributed by atoms with van der Waals surface area (Å²) in [6, 6.07) is 0. The first-order valence-corrected chi connectivity index (χ1v) is 2.65. The molecular formula is C7H9N. The number of rotatable bonds is 1. The van der Waals surface area contributed by atoms with E-state index < -0.39 is 0 Å². The second-order valence-corrected chi connectivity index (χ2v) is 1.65. The van der Waals surface area contributed by atoms with Gasteiger partial charge in [0.15, 0.2) is 0 Å². The molecule has 1 nitrogen and oxygen atoms in total. The summed E-state index contributed by atoms with van der Waals surface area (Å²) in [4.78, 5) is 2.01. The molecule has 0 spiro atoms. The fraction of sp³-hybridized carbons (Fsp3) is 0.143. The zero-order valence-electron chi connectivity index (χ0n) is 4.75. The molecule has 0 aliphatic carbocycles. The first kappa shape index (κ1) is 5.16. The maximum atomic E-state index is 3.63. The Morgan fingerprint density at radius 1 is 1.50 bits per heavy atom. The topological polar surface area (TPSA) is 3.24 Å². The van der Waals surface area contributed by atoms with Gasteiger partial charge in [0.25, 0.3) is 0 Å². The van der Waals surface area contributed by atoms with Crippen molar-refractivity contribution in [3.63, 3.8) is 0 Å². The van der Waals surface area contributed by atoms with Gasteiger partial charge in [-0.2, -0.15) is 0 Å². The second-order valence-electron chi connectivity index (χ2n) is 1.65. The minimum atomic E-state index is 0.958. The summed E-state index contributed by atoms with van der Waals surface area (Å²) >= 11 is 0. The Kier molecular flexibility index (Phi) is 1.52. The molecule has 0 radical (unpaired) electrons. The highest BCUT2D eigenvalue weighted by molar-refractivity contribution is 5.10. The van der Waals surface area contributed by atoms with Gasteiger partial charge in [-0.15, -0.1) is 0 Å². The van der Waals surface area contributed by atoms with Crippen molar-refractivity contribution in [3.8, 4) is 0 Å². The van der Waals surface area contributed by atoms with E-state index in [0.717, 1.165) is 6.54 Å². The van der Waals surface area contributed by atoms with Crippen LogP contribution in [0.5, 0.6) is 0 Å². The third kappa shape index (κ3) is 0.997. The highest BCUT2D eigenvalue weighted by atomic mass is 15.1. The number of hydrogen-bond acceptors (Lipinski definition) is 1. The van der Waals surface area contributed by atoms with Gasteiger partial charge in [-0.05, 0) is 12.3 Å². The van der Waals surface area contributed by atoms with E-state index in [1.165, 1.54) is 0 Å². The lowest BCUT2D eigenvalue weighted by Crippen LogP contribution is -2.09. The summed E-state index contributed by atoms with van der Waals surface area (Å²) in [5.74, 6) is 0. The van der Waals surface area contributed by atoms with Gasteiger partial charge in [0, 0.05) is 12.7 Å². The Bertz CT molecular complexity index is 133. The van der Waals surface area contributed by atoms with Crippen LogP contribution in [-0.4, -0.2) is 11.4 Å². The molecule has 0 fully saturated rings. The molecular weight excluding hydrogens is 98.1 g/mol. The van der Waals surface area contributed by atoms with Crippen LogP contribution < -0.4 is 0 Å². The van der Waals surface area contributed by atoms with Gasteiger partial charge in [-0.25, -0.2) is 0 Å². The SMILES string of the molecule is C=CN1C=CC=CC1. The third-order valence-corrected chi connectivity index (χ3v) is 1.08. The van der Waals surface area contributed by atoms with Crippen LogP contribution in [0, 0.1) is 0 Å². The van der Waals surface area contributed by atoms with E-state index >= 15 is 0 Å². The first-order chi connectivity index (χ1) is 3.93. The first-order valence-electron chi connectivity index (χ1n) is 2.65. The van der Waals surface area contributed by atoms with Crippen LogP contribution in [0.3, 0.4) is 0 Å². The molecule has 0 aromatic carbocycles. The highest BCUT2D eigenvalue weighted by Gasteiger charge is 1.89. The van der Waals surface area contributed by atoms with E-state index in [1.807, 2.05) is 23.3 Å². The van der Waals surface area contributed by atoms with E-state index in [4.69, 9.17) is 0 Å². The molecule has 1 aliphatic heterocycles. The maximum Gasteiger partial charge on any atom is 0.0403 e. The van der Waals surface area contributed by atoms with Gasteiger partial charge < -0.3 is 4.90 Å². The zero-order chi connectivity index (χ0) is 5.82. The fourth-order valence-electron chi connectivity index (χ4n) is 0.618. The summed E-state index contributed by atoms with van der Waals surface area (Å²) in [5, 5.41) is 0. The molecule has 8 heavy (non-hydrogen) atoms. The molecule has 0 bridgehead atoms. The van der Waals surface area contributed by atoms with Crippen LogP contribution in [0.15, 0.2) is 37.2 Å². The molecule has 0 saturated heterocycles. The fourth-order valence-corrected chi connectivity index (χ4v) is 0.618.